The molecule has 3 rings (SSSR count). The first-order valence-corrected chi connectivity index (χ1v) is 6.57. The van der Waals surface area contributed by atoms with Crippen LogP contribution in [0.3, 0.4) is 0 Å². The van der Waals surface area contributed by atoms with E-state index in [2.05, 4.69) is 10.3 Å². The molecule has 0 aliphatic carbocycles. The van der Waals surface area contributed by atoms with Gasteiger partial charge in [0.05, 0.1) is 18.3 Å². The molecular formula is C17H14N2O2. The molecule has 0 saturated heterocycles. The van der Waals surface area contributed by atoms with E-state index in [1.54, 1.807) is 31.5 Å². The highest BCUT2D eigenvalue weighted by molar-refractivity contribution is 6.08. The zero-order valence-corrected chi connectivity index (χ0v) is 11.5. The van der Waals surface area contributed by atoms with Crippen molar-refractivity contribution < 1.29 is 9.53 Å². The summed E-state index contributed by atoms with van der Waals surface area (Å²) in [5.74, 6) is 0.580. The molecule has 104 valence electrons. The van der Waals surface area contributed by atoms with Crippen molar-refractivity contribution in [2.45, 2.75) is 0 Å². The van der Waals surface area contributed by atoms with Crippen LogP contribution in [0, 0.1) is 0 Å². The lowest BCUT2D eigenvalue weighted by Crippen LogP contribution is -2.12. The fraction of sp³-hybridized carbons (Fsp3) is 0.0588. The van der Waals surface area contributed by atoms with Crippen LogP contribution in [-0.2, 0) is 0 Å². The van der Waals surface area contributed by atoms with Crippen molar-refractivity contribution in [2.24, 2.45) is 0 Å². The molecule has 1 aromatic heterocycles. The minimum absolute atomic E-state index is 0.147. The molecule has 4 heteroatoms. The Hall–Kier alpha value is -2.88. The van der Waals surface area contributed by atoms with Crippen LogP contribution in [0.1, 0.15) is 10.4 Å². The van der Waals surface area contributed by atoms with Crippen LogP contribution in [-0.4, -0.2) is 18.0 Å². The van der Waals surface area contributed by atoms with Crippen molar-refractivity contribution in [3.05, 3.63) is 66.4 Å². The van der Waals surface area contributed by atoms with Gasteiger partial charge in [0, 0.05) is 17.1 Å². The highest BCUT2D eigenvalue weighted by atomic mass is 16.5. The molecule has 0 atom stereocenters. The summed E-state index contributed by atoms with van der Waals surface area (Å²) in [6.45, 7) is 0. The molecule has 4 nitrogen and oxygen atoms in total. The third-order valence-electron chi connectivity index (χ3n) is 3.23. The third-order valence-corrected chi connectivity index (χ3v) is 3.23. The lowest BCUT2D eigenvalue weighted by atomic mass is 10.1. The fourth-order valence-corrected chi connectivity index (χ4v) is 2.15. The first-order chi connectivity index (χ1) is 10.3. The van der Waals surface area contributed by atoms with E-state index >= 15 is 0 Å². The van der Waals surface area contributed by atoms with Gasteiger partial charge in [-0.05, 0) is 36.4 Å². The molecule has 1 amide bonds. The minimum Gasteiger partial charge on any atom is -0.497 e. The molecule has 0 fully saturated rings. The number of aromatic nitrogens is 1. The Bertz CT molecular complexity index is 785. The second-order valence-electron chi connectivity index (χ2n) is 4.56. The number of ether oxygens (including phenoxy) is 1. The standard InChI is InChI=1S/C17H14N2O2/c1-21-13-7-8-15-14(11-13)16(9-10-18-15)19-17(20)12-5-3-2-4-6-12/h2-11H,1H3,(H,18,19,20). The Balaban J connectivity index is 1.98. The Kier molecular flexibility index (Phi) is 3.51. The molecule has 0 spiro atoms. The predicted molar refractivity (Wildman–Crippen MR) is 82.7 cm³/mol. The van der Waals surface area contributed by atoms with Gasteiger partial charge in [-0.15, -0.1) is 0 Å². The molecule has 3 aromatic rings. The van der Waals surface area contributed by atoms with Crippen LogP contribution in [0.4, 0.5) is 5.69 Å². The quantitative estimate of drug-likeness (QED) is 0.797. The van der Waals surface area contributed by atoms with E-state index < -0.39 is 0 Å². The number of carbonyl (C=O) groups excluding carboxylic acids is 1. The van der Waals surface area contributed by atoms with Crippen LogP contribution in [0.15, 0.2) is 60.8 Å². The maximum atomic E-state index is 12.2. The minimum atomic E-state index is -0.147. The van der Waals surface area contributed by atoms with Crippen molar-refractivity contribution in [1.82, 2.24) is 4.98 Å². The number of hydrogen-bond donors (Lipinski definition) is 1. The van der Waals surface area contributed by atoms with Gasteiger partial charge in [-0.1, -0.05) is 18.2 Å². The van der Waals surface area contributed by atoms with Crippen LogP contribution < -0.4 is 10.1 Å². The topological polar surface area (TPSA) is 51.2 Å². The summed E-state index contributed by atoms with van der Waals surface area (Å²) < 4.78 is 5.23. The molecule has 0 aliphatic heterocycles. The number of methoxy groups -OCH3 is 1. The van der Waals surface area contributed by atoms with Gasteiger partial charge in [-0.3, -0.25) is 9.78 Å². The monoisotopic (exact) mass is 278 g/mol. The number of hydrogen-bond acceptors (Lipinski definition) is 3. The fourth-order valence-electron chi connectivity index (χ4n) is 2.15. The maximum absolute atomic E-state index is 12.2. The summed E-state index contributed by atoms with van der Waals surface area (Å²) in [4.78, 5) is 16.5. The lowest BCUT2D eigenvalue weighted by Gasteiger charge is -2.09. The average Bonchev–Trinajstić information content (AvgIpc) is 2.55. The summed E-state index contributed by atoms with van der Waals surface area (Å²) in [7, 11) is 1.61. The number of fused-ring (bicyclic) bond motifs is 1. The Morgan fingerprint density at radius 1 is 1.10 bits per heavy atom. The number of rotatable bonds is 3. The zero-order chi connectivity index (χ0) is 14.7. The van der Waals surface area contributed by atoms with Gasteiger partial charge in [0.1, 0.15) is 5.75 Å². The van der Waals surface area contributed by atoms with E-state index in [1.165, 1.54) is 0 Å². The largest absolute Gasteiger partial charge is 0.497 e. The van der Waals surface area contributed by atoms with Gasteiger partial charge in [0.15, 0.2) is 0 Å². The Labute approximate surface area is 122 Å². The van der Waals surface area contributed by atoms with E-state index in [4.69, 9.17) is 4.74 Å². The van der Waals surface area contributed by atoms with E-state index in [0.717, 1.165) is 16.7 Å². The van der Waals surface area contributed by atoms with E-state index in [0.29, 0.717) is 11.3 Å². The first kappa shape index (κ1) is 13.1. The van der Waals surface area contributed by atoms with Gasteiger partial charge in [-0.2, -0.15) is 0 Å². The number of anilines is 1. The summed E-state index contributed by atoms with van der Waals surface area (Å²) >= 11 is 0. The van der Waals surface area contributed by atoms with Crippen molar-refractivity contribution in [3.8, 4) is 5.75 Å². The number of nitrogens with zero attached hydrogens (tertiary/aromatic N) is 1. The molecule has 1 heterocycles. The second-order valence-corrected chi connectivity index (χ2v) is 4.56. The second kappa shape index (κ2) is 5.63. The average molecular weight is 278 g/mol. The molecule has 1 N–H and O–H groups in total. The van der Waals surface area contributed by atoms with Crippen molar-refractivity contribution in [1.29, 1.82) is 0 Å². The summed E-state index contributed by atoms with van der Waals surface area (Å²) in [6.07, 6.45) is 1.68. The van der Waals surface area contributed by atoms with Gasteiger partial charge >= 0.3 is 0 Å². The summed E-state index contributed by atoms with van der Waals surface area (Å²) in [5.41, 5.74) is 2.14. The molecule has 2 aromatic carbocycles. The molecule has 0 radical (unpaired) electrons. The predicted octanol–water partition coefficient (Wildman–Crippen LogP) is 3.50. The molecule has 0 aliphatic rings. The van der Waals surface area contributed by atoms with Crippen LogP contribution in [0.2, 0.25) is 0 Å². The van der Waals surface area contributed by atoms with Crippen molar-refractivity contribution in [2.75, 3.05) is 12.4 Å². The van der Waals surface area contributed by atoms with Crippen LogP contribution in [0.5, 0.6) is 5.75 Å². The highest BCUT2D eigenvalue weighted by Crippen LogP contribution is 2.26. The van der Waals surface area contributed by atoms with Gasteiger partial charge < -0.3 is 10.1 Å². The molecular weight excluding hydrogens is 264 g/mol. The van der Waals surface area contributed by atoms with E-state index in [9.17, 15) is 4.79 Å². The third kappa shape index (κ3) is 2.69. The van der Waals surface area contributed by atoms with E-state index in [1.807, 2.05) is 36.4 Å². The van der Waals surface area contributed by atoms with Crippen LogP contribution in [0.25, 0.3) is 10.9 Å². The number of benzene rings is 2. The number of carbonyl (C=O) groups is 1. The highest BCUT2D eigenvalue weighted by Gasteiger charge is 2.09. The number of nitrogens with one attached hydrogen (secondary N) is 1. The summed E-state index contributed by atoms with van der Waals surface area (Å²) in [6, 6.07) is 16.5. The number of pyridine rings is 1. The maximum Gasteiger partial charge on any atom is 0.255 e. The molecule has 0 saturated carbocycles. The van der Waals surface area contributed by atoms with E-state index in [-0.39, 0.29) is 5.91 Å². The Morgan fingerprint density at radius 2 is 1.90 bits per heavy atom. The van der Waals surface area contributed by atoms with Gasteiger partial charge in [-0.25, -0.2) is 0 Å². The zero-order valence-electron chi connectivity index (χ0n) is 11.5. The van der Waals surface area contributed by atoms with Crippen molar-refractivity contribution >= 4 is 22.5 Å². The van der Waals surface area contributed by atoms with Crippen molar-refractivity contribution in [3.63, 3.8) is 0 Å². The number of amides is 1. The van der Waals surface area contributed by atoms with Gasteiger partial charge in [0.2, 0.25) is 0 Å². The SMILES string of the molecule is COc1ccc2nccc(NC(=O)c3ccccc3)c2c1. The summed E-state index contributed by atoms with van der Waals surface area (Å²) in [5, 5.41) is 3.77. The molecule has 0 unspecified atom stereocenters. The van der Waals surface area contributed by atoms with Gasteiger partial charge in [0.25, 0.3) is 5.91 Å². The first-order valence-electron chi connectivity index (χ1n) is 6.57. The normalized spacial score (nSPS) is 10.3. The molecule has 0 bridgehead atoms. The lowest BCUT2D eigenvalue weighted by molar-refractivity contribution is 0.102. The smallest absolute Gasteiger partial charge is 0.255 e. The molecule has 21 heavy (non-hydrogen) atoms. The Morgan fingerprint density at radius 3 is 2.67 bits per heavy atom. The van der Waals surface area contributed by atoms with Crippen LogP contribution >= 0.6 is 0 Å².